The fraction of sp³-hybridized carbons (Fsp3) is 0.150. The molecule has 1 aromatic carbocycles. The number of aromatic amines is 1. The smallest absolute Gasteiger partial charge is 0.284 e. The maximum atomic E-state index is 13.4. The molecular weight excluding hydrogens is 436 g/mol. The van der Waals surface area contributed by atoms with Crippen LogP contribution in [0, 0.1) is 0 Å². The molecule has 0 saturated heterocycles. The van der Waals surface area contributed by atoms with E-state index in [4.69, 9.17) is 16.7 Å². The van der Waals surface area contributed by atoms with Gasteiger partial charge in [-0.3, -0.25) is 9.36 Å². The van der Waals surface area contributed by atoms with Gasteiger partial charge in [-0.15, -0.1) is 11.8 Å². The van der Waals surface area contributed by atoms with Crippen LogP contribution in [0.1, 0.15) is 5.82 Å². The van der Waals surface area contributed by atoms with Gasteiger partial charge in [-0.2, -0.15) is 5.10 Å². The Bertz CT molecular complexity index is 1430. The van der Waals surface area contributed by atoms with Crippen LogP contribution in [-0.4, -0.2) is 46.2 Å². The highest BCUT2D eigenvalue weighted by molar-refractivity contribution is 7.98. The van der Waals surface area contributed by atoms with Gasteiger partial charge in [0, 0.05) is 6.20 Å². The van der Waals surface area contributed by atoms with Crippen LogP contribution in [0.25, 0.3) is 22.4 Å². The maximum Gasteiger partial charge on any atom is 0.284 e. The summed E-state index contributed by atoms with van der Waals surface area (Å²) in [6, 6.07) is 11.1. The van der Waals surface area contributed by atoms with Gasteiger partial charge in [0.2, 0.25) is 0 Å². The number of imidazole rings is 1. The summed E-state index contributed by atoms with van der Waals surface area (Å²) in [6.07, 6.45) is 6.77. The van der Waals surface area contributed by atoms with Crippen molar-refractivity contribution in [3.63, 3.8) is 0 Å². The fourth-order valence-corrected chi connectivity index (χ4v) is 4.27. The van der Waals surface area contributed by atoms with E-state index in [0.29, 0.717) is 45.9 Å². The first-order chi connectivity index (χ1) is 15.2. The molecule has 4 heterocycles. The van der Waals surface area contributed by atoms with Gasteiger partial charge in [0.15, 0.2) is 17.3 Å². The first-order valence-corrected chi connectivity index (χ1v) is 11.2. The van der Waals surface area contributed by atoms with Gasteiger partial charge in [0.1, 0.15) is 17.4 Å². The number of rotatable bonds is 6. The van der Waals surface area contributed by atoms with Gasteiger partial charge in [-0.05, 0) is 24.5 Å². The number of aromatic nitrogens is 7. The lowest BCUT2D eigenvalue weighted by atomic mass is 10.3. The molecule has 0 unspecified atom stereocenters. The van der Waals surface area contributed by atoms with E-state index in [1.54, 1.807) is 34.9 Å². The minimum atomic E-state index is -0.232. The molecule has 0 spiro atoms. The highest BCUT2D eigenvalue weighted by atomic mass is 35.5. The number of fused-ring (bicyclic) bond motifs is 2. The number of anilines is 1. The number of benzene rings is 1. The Balaban J connectivity index is 1.70. The monoisotopic (exact) mass is 452 g/mol. The molecule has 0 radical (unpaired) electrons. The van der Waals surface area contributed by atoms with Gasteiger partial charge >= 0.3 is 0 Å². The number of para-hydroxylation sites is 1. The van der Waals surface area contributed by atoms with E-state index in [1.165, 1.54) is 10.8 Å². The van der Waals surface area contributed by atoms with Crippen molar-refractivity contribution in [1.29, 1.82) is 0 Å². The Kier molecular flexibility index (Phi) is 5.08. The molecule has 1 N–H and O–H groups in total. The van der Waals surface area contributed by atoms with Gasteiger partial charge in [-0.25, -0.2) is 19.5 Å². The second-order valence-corrected chi connectivity index (χ2v) is 8.01. The van der Waals surface area contributed by atoms with Crippen molar-refractivity contribution < 1.29 is 0 Å². The molecule has 0 aliphatic rings. The van der Waals surface area contributed by atoms with Crippen molar-refractivity contribution in [3.05, 3.63) is 76.5 Å². The van der Waals surface area contributed by atoms with Crippen LogP contribution in [0.2, 0.25) is 5.02 Å². The van der Waals surface area contributed by atoms with E-state index >= 15 is 0 Å². The SMILES string of the molecule is CSCN(Cc1nn2ccc(Cl)c2c(=O)n1-c1ccccc1)c1ncnc2nc[nH]c12. The van der Waals surface area contributed by atoms with Crippen LogP contribution >= 0.6 is 23.4 Å². The predicted octanol–water partition coefficient (Wildman–Crippen LogP) is 3.13. The number of hydrogen-bond donors (Lipinski definition) is 1. The van der Waals surface area contributed by atoms with Crippen LogP contribution in [-0.2, 0) is 6.54 Å². The van der Waals surface area contributed by atoms with Crippen LogP contribution in [0.4, 0.5) is 5.82 Å². The Morgan fingerprint density at radius 3 is 2.81 bits per heavy atom. The summed E-state index contributed by atoms with van der Waals surface area (Å²) >= 11 is 7.91. The molecule has 0 aliphatic heterocycles. The topological polar surface area (TPSA) is 97.0 Å². The van der Waals surface area contributed by atoms with Crippen molar-refractivity contribution in [2.24, 2.45) is 0 Å². The van der Waals surface area contributed by atoms with E-state index < -0.39 is 0 Å². The van der Waals surface area contributed by atoms with Crippen LogP contribution in [0.3, 0.4) is 0 Å². The van der Waals surface area contributed by atoms with Crippen molar-refractivity contribution >= 4 is 45.9 Å². The zero-order chi connectivity index (χ0) is 21.4. The lowest BCUT2D eigenvalue weighted by Gasteiger charge is -2.24. The Morgan fingerprint density at radius 1 is 1.16 bits per heavy atom. The average Bonchev–Trinajstić information content (AvgIpc) is 3.41. The molecule has 0 saturated carbocycles. The first-order valence-electron chi connectivity index (χ1n) is 9.39. The summed E-state index contributed by atoms with van der Waals surface area (Å²) in [5.74, 6) is 1.87. The molecule has 0 amide bonds. The molecule has 5 aromatic rings. The van der Waals surface area contributed by atoms with Crippen molar-refractivity contribution in [2.45, 2.75) is 6.54 Å². The Labute approximate surface area is 185 Å². The van der Waals surface area contributed by atoms with E-state index in [-0.39, 0.29) is 5.56 Å². The normalized spacial score (nSPS) is 11.4. The van der Waals surface area contributed by atoms with Crippen LogP contribution < -0.4 is 10.5 Å². The van der Waals surface area contributed by atoms with E-state index in [2.05, 4.69) is 19.9 Å². The molecule has 0 atom stereocenters. The van der Waals surface area contributed by atoms with Gasteiger partial charge in [-0.1, -0.05) is 29.8 Å². The zero-order valence-corrected chi connectivity index (χ0v) is 18.0. The highest BCUT2D eigenvalue weighted by Gasteiger charge is 2.20. The van der Waals surface area contributed by atoms with Gasteiger partial charge < -0.3 is 9.88 Å². The summed E-state index contributed by atoms with van der Waals surface area (Å²) in [7, 11) is 0. The summed E-state index contributed by atoms with van der Waals surface area (Å²) < 4.78 is 3.13. The van der Waals surface area contributed by atoms with Crippen LogP contribution in [0.15, 0.2) is 60.0 Å². The minimum absolute atomic E-state index is 0.232. The summed E-state index contributed by atoms with van der Waals surface area (Å²) in [5.41, 5.74) is 2.13. The standard InChI is InChI=1S/C20H17ClN8OS/c1-31-12-27(19-16-18(23-10-22-16)24-11-25-19)9-15-26-28-8-7-14(21)17(28)20(30)29(15)13-5-3-2-4-6-13/h2-8,10-11H,9,12H2,1H3,(H,22,23,24,25). The van der Waals surface area contributed by atoms with E-state index in [1.807, 2.05) is 41.5 Å². The third-order valence-electron chi connectivity index (χ3n) is 4.84. The largest absolute Gasteiger partial charge is 0.340 e. The molecule has 5 rings (SSSR count). The number of hydrogen-bond acceptors (Lipinski definition) is 7. The van der Waals surface area contributed by atoms with Gasteiger partial charge in [0.25, 0.3) is 5.56 Å². The maximum absolute atomic E-state index is 13.4. The molecule has 0 bridgehead atoms. The molecule has 4 aromatic heterocycles. The highest BCUT2D eigenvalue weighted by Crippen LogP contribution is 2.24. The second-order valence-electron chi connectivity index (χ2n) is 6.76. The van der Waals surface area contributed by atoms with Crippen LogP contribution in [0.5, 0.6) is 0 Å². The fourth-order valence-electron chi connectivity index (χ4n) is 3.52. The number of nitrogens with one attached hydrogen (secondary N) is 1. The summed E-state index contributed by atoms with van der Waals surface area (Å²) in [6.45, 7) is 0.335. The lowest BCUT2D eigenvalue weighted by molar-refractivity contribution is 0.701. The molecular formula is C20H17ClN8OS. The molecule has 0 aliphatic carbocycles. The Morgan fingerprint density at radius 2 is 2.00 bits per heavy atom. The number of halogens is 1. The molecule has 31 heavy (non-hydrogen) atoms. The number of H-pyrrole nitrogens is 1. The third-order valence-corrected chi connectivity index (χ3v) is 5.71. The van der Waals surface area contributed by atoms with E-state index in [9.17, 15) is 4.79 Å². The first kappa shape index (κ1) is 19.6. The third kappa shape index (κ3) is 3.43. The quantitative estimate of drug-likeness (QED) is 0.395. The molecule has 156 valence electrons. The van der Waals surface area contributed by atoms with Gasteiger partial charge in [0.05, 0.1) is 29.5 Å². The molecule has 11 heteroatoms. The summed E-state index contributed by atoms with van der Waals surface area (Å²) in [4.78, 5) is 31.5. The number of thioether (sulfide) groups is 1. The van der Waals surface area contributed by atoms with E-state index in [0.717, 1.165) is 5.52 Å². The zero-order valence-electron chi connectivity index (χ0n) is 16.4. The lowest BCUT2D eigenvalue weighted by Crippen LogP contribution is -2.32. The van der Waals surface area contributed by atoms with Crippen molar-refractivity contribution in [1.82, 2.24) is 34.1 Å². The second kappa shape index (κ2) is 8.05. The Hall–Kier alpha value is -3.37. The average molecular weight is 453 g/mol. The molecule has 9 nitrogen and oxygen atoms in total. The minimum Gasteiger partial charge on any atom is -0.340 e. The van der Waals surface area contributed by atoms with Crippen molar-refractivity contribution in [3.8, 4) is 5.69 Å². The summed E-state index contributed by atoms with van der Waals surface area (Å²) in [5, 5.41) is 5.09. The van der Waals surface area contributed by atoms with Crippen molar-refractivity contribution in [2.75, 3.05) is 17.0 Å². The number of nitrogens with zero attached hydrogens (tertiary/aromatic N) is 7. The molecule has 0 fully saturated rings. The predicted molar refractivity (Wildman–Crippen MR) is 122 cm³/mol.